The number of halogens is 1. The third kappa shape index (κ3) is 4.66. The minimum Gasteiger partial charge on any atom is -0.327 e. The minimum absolute atomic E-state index is 0.256. The van der Waals surface area contributed by atoms with Crippen LogP contribution in [0.5, 0.6) is 0 Å². The first-order valence-corrected chi connectivity index (χ1v) is 6.63. The molecule has 2 atom stereocenters. The molecule has 0 spiro atoms. The summed E-state index contributed by atoms with van der Waals surface area (Å²) in [6.45, 7) is 5.27. The molecule has 0 aliphatic heterocycles. The summed E-state index contributed by atoms with van der Waals surface area (Å²) in [6, 6.07) is 8.63. The maximum atomic E-state index is 6.06. The van der Waals surface area contributed by atoms with Gasteiger partial charge in [0.25, 0.3) is 0 Å². The number of nitrogens with zero attached hydrogens (tertiary/aromatic N) is 1. The van der Waals surface area contributed by atoms with Gasteiger partial charge in [-0.25, -0.2) is 0 Å². The van der Waals surface area contributed by atoms with E-state index in [-0.39, 0.29) is 6.04 Å². The highest BCUT2D eigenvalue weighted by Gasteiger charge is 2.14. The van der Waals surface area contributed by atoms with Gasteiger partial charge in [0, 0.05) is 23.7 Å². The molecule has 2 unspecified atom stereocenters. The van der Waals surface area contributed by atoms with Crippen molar-refractivity contribution in [2.24, 2.45) is 5.73 Å². The maximum absolute atomic E-state index is 6.06. The summed E-state index contributed by atoms with van der Waals surface area (Å²) in [5.74, 6) is 0. The Labute approximate surface area is 110 Å². The van der Waals surface area contributed by atoms with Crippen LogP contribution < -0.4 is 5.73 Å². The van der Waals surface area contributed by atoms with Gasteiger partial charge in [-0.1, -0.05) is 37.1 Å². The zero-order chi connectivity index (χ0) is 12.8. The molecule has 0 saturated carbocycles. The van der Waals surface area contributed by atoms with Crippen LogP contribution in [0.4, 0.5) is 0 Å². The zero-order valence-electron chi connectivity index (χ0n) is 11.0. The van der Waals surface area contributed by atoms with E-state index in [1.165, 1.54) is 5.56 Å². The van der Waals surface area contributed by atoms with Crippen LogP contribution in [0.25, 0.3) is 0 Å². The molecule has 1 aromatic carbocycles. The lowest BCUT2D eigenvalue weighted by molar-refractivity contribution is 0.241. The predicted molar refractivity (Wildman–Crippen MR) is 75.4 cm³/mol. The lowest BCUT2D eigenvalue weighted by Gasteiger charge is -2.27. The maximum Gasteiger partial charge on any atom is 0.0409 e. The summed E-state index contributed by atoms with van der Waals surface area (Å²) in [5.41, 5.74) is 7.30. The van der Waals surface area contributed by atoms with E-state index in [4.69, 9.17) is 17.3 Å². The van der Waals surface area contributed by atoms with Crippen molar-refractivity contribution < 1.29 is 0 Å². The van der Waals surface area contributed by atoms with E-state index < -0.39 is 0 Å². The Morgan fingerprint density at radius 2 is 2.12 bits per heavy atom. The van der Waals surface area contributed by atoms with E-state index >= 15 is 0 Å². The van der Waals surface area contributed by atoms with Crippen molar-refractivity contribution in [3.63, 3.8) is 0 Å². The number of likely N-dealkylation sites (N-methyl/N-ethyl adjacent to an activating group) is 1. The van der Waals surface area contributed by atoms with Crippen LogP contribution in [-0.4, -0.2) is 24.5 Å². The van der Waals surface area contributed by atoms with Gasteiger partial charge >= 0.3 is 0 Å². The molecular weight excluding hydrogens is 232 g/mol. The van der Waals surface area contributed by atoms with Gasteiger partial charge in [-0.2, -0.15) is 0 Å². The Hall–Kier alpha value is -0.570. The number of nitrogens with two attached hydrogens (primary N) is 1. The smallest absolute Gasteiger partial charge is 0.0409 e. The fraction of sp³-hybridized carbons (Fsp3) is 0.571. The van der Waals surface area contributed by atoms with Gasteiger partial charge in [0.05, 0.1) is 0 Å². The molecule has 1 aromatic rings. The zero-order valence-corrected chi connectivity index (χ0v) is 11.7. The summed E-state index contributed by atoms with van der Waals surface area (Å²) in [7, 11) is 2.11. The van der Waals surface area contributed by atoms with Crippen LogP contribution >= 0.6 is 11.6 Å². The van der Waals surface area contributed by atoms with Crippen LogP contribution in [0.15, 0.2) is 24.3 Å². The summed E-state index contributed by atoms with van der Waals surface area (Å²) < 4.78 is 0. The monoisotopic (exact) mass is 254 g/mol. The molecule has 0 radical (unpaired) electrons. The van der Waals surface area contributed by atoms with Gasteiger partial charge in [-0.3, -0.25) is 4.90 Å². The number of hydrogen-bond donors (Lipinski definition) is 1. The molecule has 0 aromatic heterocycles. The summed E-state index contributed by atoms with van der Waals surface area (Å²) in [4.78, 5) is 2.28. The Balaban J connectivity index is 2.60. The van der Waals surface area contributed by atoms with Gasteiger partial charge in [0.1, 0.15) is 0 Å². The molecule has 2 N–H and O–H groups in total. The summed E-state index contributed by atoms with van der Waals surface area (Å²) in [5, 5.41) is 0.792. The Morgan fingerprint density at radius 1 is 1.41 bits per heavy atom. The first kappa shape index (κ1) is 14.5. The first-order valence-electron chi connectivity index (χ1n) is 6.25. The Bertz CT molecular complexity index is 341. The summed E-state index contributed by atoms with van der Waals surface area (Å²) in [6.07, 6.45) is 2.22. The van der Waals surface area contributed by atoms with Gasteiger partial charge in [0.15, 0.2) is 0 Å². The fourth-order valence-electron chi connectivity index (χ4n) is 2.01. The number of hydrogen-bond acceptors (Lipinski definition) is 2. The van der Waals surface area contributed by atoms with Crippen molar-refractivity contribution in [1.82, 2.24) is 4.90 Å². The van der Waals surface area contributed by atoms with Crippen molar-refractivity contribution in [3.8, 4) is 0 Å². The molecule has 0 bridgehead atoms. The van der Waals surface area contributed by atoms with Crippen molar-refractivity contribution >= 4 is 11.6 Å². The second-order valence-electron chi connectivity index (χ2n) is 4.72. The van der Waals surface area contributed by atoms with Crippen molar-refractivity contribution in [2.75, 3.05) is 13.6 Å². The van der Waals surface area contributed by atoms with Gasteiger partial charge in [-0.15, -0.1) is 0 Å². The SMILES string of the molecule is CCCC(N)CN(C)C(C)c1cccc(Cl)c1. The van der Waals surface area contributed by atoms with Crippen molar-refractivity contribution in [2.45, 2.75) is 38.8 Å². The molecule has 0 heterocycles. The molecular formula is C14H23ClN2. The van der Waals surface area contributed by atoms with E-state index in [0.717, 1.165) is 24.4 Å². The Morgan fingerprint density at radius 3 is 2.71 bits per heavy atom. The van der Waals surface area contributed by atoms with Crippen LogP contribution in [0.1, 0.15) is 38.3 Å². The molecule has 0 amide bonds. The molecule has 3 heteroatoms. The van der Waals surface area contributed by atoms with Crippen LogP contribution in [-0.2, 0) is 0 Å². The highest BCUT2D eigenvalue weighted by molar-refractivity contribution is 6.30. The third-order valence-electron chi connectivity index (χ3n) is 3.17. The summed E-state index contributed by atoms with van der Waals surface area (Å²) >= 11 is 6.01. The number of benzene rings is 1. The van der Waals surface area contributed by atoms with Crippen LogP contribution in [0.2, 0.25) is 5.02 Å². The molecule has 96 valence electrons. The van der Waals surface area contributed by atoms with Crippen molar-refractivity contribution in [1.29, 1.82) is 0 Å². The van der Waals surface area contributed by atoms with Gasteiger partial charge in [-0.05, 0) is 38.1 Å². The normalized spacial score (nSPS) is 14.9. The van der Waals surface area contributed by atoms with E-state index in [0.29, 0.717) is 6.04 Å². The average molecular weight is 255 g/mol. The molecule has 17 heavy (non-hydrogen) atoms. The molecule has 0 aliphatic carbocycles. The molecule has 0 fully saturated rings. The Kier molecular flexibility index (Phi) is 5.96. The average Bonchev–Trinajstić information content (AvgIpc) is 2.28. The quantitative estimate of drug-likeness (QED) is 0.843. The second-order valence-corrected chi connectivity index (χ2v) is 5.16. The molecule has 2 nitrogen and oxygen atoms in total. The van der Waals surface area contributed by atoms with E-state index in [9.17, 15) is 0 Å². The number of rotatable bonds is 6. The molecule has 0 saturated heterocycles. The minimum atomic E-state index is 0.256. The highest BCUT2D eigenvalue weighted by Crippen LogP contribution is 2.21. The fourth-order valence-corrected chi connectivity index (χ4v) is 2.21. The lowest BCUT2D eigenvalue weighted by Crippen LogP contribution is -2.36. The van der Waals surface area contributed by atoms with E-state index in [2.05, 4.69) is 31.9 Å². The van der Waals surface area contributed by atoms with E-state index in [1.807, 2.05) is 18.2 Å². The molecule has 1 rings (SSSR count). The standard InChI is InChI=1S/C14H23ClN2/c1-4-6-14(16)10-17(3)11(2)12-7-5-8-13(15)9-12/h5,7-9,11,14H,4,6,10,16H2,1-3H3. The predicted octanol–water partition coefficient (Wildman–Crippen LogP) is 3.46. The van der Waals surface area contributed by atoms with Gasteiger partial charge in [0.2, 0.25) is 0 Å². The van der Waals surface area contributed by atoms with E-state index in [1.54, 1.807) is 0 Å². The van der Waals surface area contributed by atoms with Crippen molar-refractivity contribution in [3.05, 3.63) is 34.9 Å². The highest BCUT2D eigenvalue weighted by atomic mass is 35.5. The topological polar surface area (TPSA) is 29.3 Å². The third-order valence-corrected chi connectivity index (χ3v) is 3.41. The van der Waals surface area contributed by atoms with Crippen LogP contribution in [0.3, 0.4) is 0 Å². The molecule has 0 aliphatic rings. The van der Waals surface area contributed by atoms with Gasteiger partial charge < -0.3 is 5.73 Å². The first-order chi connectivity index (χ1) is 8.04. The van der Waals surface area contributed by atoms with Crippen LogP contribution in [0, 0.1) is 0 Å². The lowest BCUT2D eigenvalue weighted by atomic mass is 10.1. The largest absolute Gasteiger partial charge is 0.327 e. The second kappa shape index (κ2) is 7.00.